The molecule has 2 rings (SSSR count). The van der Waals surface area contributed by atoms with Crippen LogP contribution in [0.2, 0.25) is 0 Å². The first-order valence-electron chi connectivity index (χ1n) is 8.19. The number of aryl methyl sites for hydroxylation is 1. The van der Waals surface area contributed by atoms with Crippen molar-refractivity contribution in [2.75, 3.05) is 7.05 Å². The number of nitrogens with zero attached hydrogens (tertiary/aromatic N) is 2. The van der Waals surface area contributed by atoms with Crippen LogP contribution in [0.3, 0.4) is 0 Å². The minimum absolute atomic E-state index is 0.00232. The van der Waals surface area contributed by atoms with Gasteiger partial charge in [-0.2, -0.15) is 0 Å². The minimum Gasteiger partial charge on any atom is -0.389 e. The van der Waals surface area contributed by atoms with E-state index >= 15 is 0 Å². The van der Waals surface area contributed by atoms with Crippen molar-refractivity contribution in [3.05, 3.63) is 15.6 Å². The molecular weight excluding hydrogens is 296 g/mol. The molecule has 124 valence electrons. The molecule has 0 spiro atoms. The first-order chi connectivity index (χ1) is 10.2. The Bertz CT molecular complexity index is 533. The molecular formula is C17H28N2O2S. The lowest BCUT2D eigenvalue weighted by molar-refractivity contribution is -0.136. The van der Waals surface area contributed by atoms with Gasteiger partial charge in [0.05, 0.1) is 28.8 Å². The van der Waals surface area contributed by atoms with Crippen LogP contribution in [0.25, 0.3) is 0 Å². The Labute approximate surface area is 137 Å². The highest BCUT2D eigenvalue weighted by Crippen LogP contribution is 2.35. The van der Waals surface area contributed by atoms with Gasteiger partial charge in [0.25, 0.3) is 0 Å². The Balaban J connectivity index is 2.08. The van der Waals surface area contributed by atoms with E-state index in [4.69, 9.17) is 0 Å². The van der Waals surface area contributed by atoms with Gasteiger partial charge in [-0.15, -0.1) is 11.3 Å². The first kappa shape index (κ1) is 17.4. The number of hydrogen-bond acceptors (Lipinski definition) is 4. The second-order valence-electron chi connectivity index (χ2n) is 6.95. The van der Waals surface area contributed by atoms with Crippen molar-refractivity contribution in [1.82, 2.24) is 9.88 Å². The molecule has 1 atom stereocenters. The number of rotatable bonds is 5. The predicted octanol–water partition coefficient (Wildman–Crippen LogP) is 3.79. The molecule has 1 aromatic rings. The molecule has 0 saturated heterocycles. The summed E-state index contributed by atoms with van der Waals surface area (Å²) in [4.78, 5) is 20.1. The Morgan fingerprint density at radius 2 is 1.95 bits per heavy atom. The van der Waals surface area contributed by atoms with Crippen molar-refractivity contribution < 1.29 is 9.90 Å². The molecule has 0 aromatic carbocycles. The van der Waals surface area contributed by atoms with Gasteiger partial charge in [-0.05, 0) is 26.7 Å². The largest absolute Gasteiger partial charge is 0.389 e. The maximum atomic E-state index is 12.5. The molecule has 0 radical (unpaired) electrons. The van der Waals surface area contributed by atoms with Crippen molar-refractivity contribution in [2.24, 2.45) is 0 Å². The molecule has 22 heavy (non-hydrogen) atoms. The monoisotopic (exact) mass is 324 g/mol. The van der Waals surface area contributed by atoms with Crippen molar-refractivity contribution in [1.29, 1.82) is 0 Å². The summed E-state index contributed by atoms with van der Waals surface area (Å²) >= 11 is 1.70. The number of aliphatic hydroxyl groups is 1. The third-order valence-corrected chi connectivity index (χ3v) is 6.34. The average molecular weight is 324 g/mol. The summed E-state index contributed by atoms with van der Waals surface area (Å²) in [6, 6.07) is 0.00232. The Morgan fingerprint density at radius 1 is 1.36 bits per heavy atom. The number of hydrogen-bond donors (Lipinski definition) is 1. The molecule has 4 nitrogen and oxygen atoms in total. The zero-order valence-electron chi connectivity index (χ0n) is 14.3. The fourth-order valence-electron chi connectivity index (χ4n) is 3.07. The summed E-state index contributed by atoms with van der Waals surface area (Å²) in [6.07, 6.45) is 3.78. The van der Waals surface area contributed by atoms with Gasteiger partial charge in [0.2, 0.25) is 5.91 Å². The molecule has 0 aliphatic heterocycles. The molecule has 1 unspecified atom stereocenters. The van der Waals surface area contributed by atoms with Gasteiger partial charge in [0.1, 0.15) is 0 Å². The maximum absolute atomic E-state index is 12.5. The zero-order valence-corrected chi connectivity index (χ0v) is 15.2. The standard InChI is InChI=1S/C17H28N2O2S/c1-11(2)16-18-12(3)15(22-16)13(4)19(5)14(20)10-17(21)8-6-7-9-17/h11,13,21H,6-10H2,1-5H3. The van der Waals surface area contributed by atoms with E-state index < -0.39 is 5.60 Å². The van der Waals surface area contributed by atoms with Crippen LogP contribution in [0.1, 0.15) is 80.4 Å². The van der Waals surface area contributed by atoms with Gasteiger partial charge in [0.15, 0.2) is 0 Å². The highest BCUT2D eigenvalue weighted by atomic mass is 32.1. The predicted molar refractivity (Wildman–Crippen MR) is 90.2 cm³/mol. The Hall–Kier alpha value is -0.940. The summed E-state index contributed by atoms with van der Waals surface area (Å²) in [6.45, 7) is 8.33. The van der Waals surface area contributed by atoms with E-state index in [1.165, 1.54) is 0 Å². The van der Waals surface area contributed by atoms with Crippen LogP contribution in [-0.4, -0.2) is 33.5 Å². The summed E-state index contributed by atoms with van der Waals surface area (Å²) < 4.78 is 0. The SMILES string of the molecule is Cc1nc(C(C)C)sc1C(C)N(C)C(=O)CC1(O)CCCC1. The number of amides is 1. The lowest BCUT2D eigenvalue weighted by Gasteiger charge is -2.29. The quantitative estimate of drug-likeness (QED) is 0.896. The van der Waals surface area contributed by atoms with Crippen LogP contribution in [0.15, 0.2) is 0 Å². The number of thiazole rings is 1. The van der Waals surface area contributed by atoms with Crippen molar-refractivity contribution in [3.8, 4) is 0 Å². The van der Waals surface area contributed by atoms with Gasteiger partial charge in [-0.3, -0.25) is 4.79 Å². The van der Waals surface area contributed by atoms with E-state index in [2.05, 4.69) is 18.8 Å². The molecule has 1 heterocycles. The van der Waals surface area contributed by atoms with Gasteiger partial charge >= 0.3 is 0 Å². The highest BCUT2D eigenvalue weighted by Gasteiger charge is 2.35. The fraction of sp³-hybridized carbons (Fsp3) is 0.765. The molecule has 1 aliphatic rings. The van der Waals surface area contributed by atoms with Crippen molar-refractivity contribution >= 4 is 17.2 Å². The zero-order chi connectivity index (χ0) is 16.5. The Kier molecular flexibility index (Phi) is 5.28. The molecule has 1 aliphatic carbocycles. The molecule has 1 aromatic heterocycles. The number of carbonyl (C=O) groups is 1. The van der Waals surface area contributed by atoms with Crippen LogP contribution in [0.5, 0.6) is 0 Å². The van der Waals surface area contributed by atoms with E-state index in [9.17, 15) is 9.90 Å². The summed E-state index contributed by atoms with van der Waals surface area (Å²) in [5.74, 6) is 0.431. The van der Waals surface area contributed by atoms with Crippen LogP contribution >= 0.6 is 11.3 Å². The van der Waals surface area contributed by atoms with Crippen LogP contribution in [0.4, 0.5) is 0 Å². The van der Waals surface area contributed by atoms with Gasteiger partial charge < -0.3 is 10.0 Å². The summed E-state index contributed by atoms with van der Waals surface area (Å²) in [5, 5.41) is 11.6. The summed E-state index contributed by atoms with van der Waals surface area (Å²) in [7, 11) is 1.83. The highest BCUT2D eigenvalue weighted by molar-refractivity contribution is 7.11. The smallest absolute Gasteiger partial charge is 0.225 e. The fourth-order valence-corrected chi connectivity index (χ4v) is 4.24. The van der Waals surface area contributed by atoms with Gasteiger partial charge in [-0.1, -0.05) is 26.7 Å². The van der Waals surface area contributed by atoms with Crippen LogP contribution < -0.4 is 0 Å². The minimum atomic E-state index is -0.781. The van der Waals surface area contributed by atoms with E-state index in [1.807, 2.05) is 20.9 Å². The molecule has 5 heteroatoms. The van der Waals surface area contributed by atoms with E-state index in [0.29, 0.717) is 5.92 Å². The number of aromatic nitrogens is 1. The topological polar surface area (TPSA) is 53.4 Å². The van der Waals surface area contributed by atoms with E-state index in [-0.39, 0.29) is 18.4 Å². The van der Waals surface area contributed by atoms with Crippen LogP contribution in [0, 0.1) is 6.92 Å². The molecule has 0 bridgehead atoms. The van der Waals surface area contributed by atoms with E-state index in [1.54, 1.807) is 16.2 Å². The lowest BCUT2D eigenvalue weighted by Crippen LogP contribution is -2.37. The number of carbonyl (C=O) groups excluding carboxylic acids is 1. The third kappa shape index (κ3) is 3.69. The maximum Gasteiger partial charge on any atom is 0.225 e. The molecule has 1 N–H and O–H groups in total. The van der Waals surface area contributed by atoms with Crippen molar-refractivity contribution in [3.63, 3.8) is 0 Å². The van der Waals surface area contributed by atoms with Crippen LogP contribution in [-0.2, 0) is 4.79 Å². The van der Waals surface area contributed by atoms with Gasteiger partial charge in [0, 0.05) is 17.8 Å². The summed E-state index contributed by atoms with van der Waals surface area (Å²) in [5.41, 5.74) is 0.233. The molecule has 1 fully saturated rings. The molecule has 1 saturated carbocycles. The van der Waals surface area contributed by atoms with E-state index in [0.717, 1.165) is 41.3 Å². The van der Waals surface area contributed by atoms with Gasteiger partial charge in [-0.25, -0.2) is 4.98 Å². The molecule has 1 amide bonds. The van der Waals surface area contributed by atoms with Crippen molar-refractivity contribution in [2.45, 2.75) is 77.4 Å². The third-order valence-electron chi connectivity index (χ3n) is 4.71. The lowest BCUT2D eigenvalue weighted by atomic mass is 9.97. The average Bonchev–Trinajstić information content (AvgIpc) is 3.03. The second kappa shape index (κ2) is 6.67. The second-order valence-corrected chi connectivity index (χ2v) is 8.01. The Morgan fingerprint density at radius 3 is 2.45 bits per heavy atom. The first-order valence-corrected chi connectivity index (χ1v) is 9.00. The normalized spacial score (nSPS) is 18.7.